The first-order valence-electron chi connectivity index (χ1n) is 5.63. The summed E-state index contributed by atoms with van der Waals surface area (Å²) in [4.78, 5) is 12.9. The van der Waals surface area contributed by atoms with Crippen LogP contribution < -0.4 is 4.90 Å². The number of carboxylic acids is 1. The number of benzene rings is 1. The molecule has 0 spiro atoms. The van der Waals surface area contributed by atoms with E-state index in [-0.39, 0.29) is 12.3 Å². The van der Waals surface area contributed by atoms with Gasteiger partial charge in [0, 0.05) is 24.9 Å². The third-order valence-corrected chi connectivity index (χ3v) is 4.00. The largest absolute Gasteiger partial charge is 0.480 e. The average molecular weight is 269 g/mol. The van der Waals surface area contributed by atoms with Gasteiger partial charge < -0.3 is 10.0 Å². The molecule has 1 unspecified atom stereocenters. The van der Waals surface area contributed by atoms with Crippen LogP contribution in [0, 0.1) is 0 Å². The van der Waals surface area contributed by atoms with Crippen molar-refractivity contribution in [3.8, 4) is 0 Å². The first-order chi connectivity index (χ1) is 8.38. The van der Waals surface area contributed by atoms with Crippen LogP contribution in [-0.4, -0.2) is 44.1 Å². The van der Waals surface area contributed by atoms with Crippen molar-refractivity contribution in [1.29, 1.82) is 0 Å². The molecule has 0 bridgehead atoms. The first-order valence-corrected chi connectivity index (χ1v) is 7.69. The first kappa shape index (κ1) is 12.9. The van der Waals surface area contributed by atoms with Gasteiger partial charge in [-0.05, 0) is 11.6 Å². The standard InChI is InChI=1S/C12H15NO4S/c1-18(16,17)7-6-13-10-5-3-2-4-9(10)8-11(13)12(14)15/h2-5,11H,6-8H2,1H3,(H,14,15). The number of hydrogen-bond donors (Lipinski definition) is 1. The normalized spacial score (nSPS) is 18.7. The lowest BCUT2D eigenvalue weighted by molar-refractivity contribution is -0.138. The second kappa shape index (κ2) is 4.61. The molecule has 1 aromatic rings. The third kappa shape index (κ3) is 2.64. The molecule has 1 atom stereocenters. The maximum atomic E-state index is 11.2. The molecule has 5 nitrogen and oxygen atoms in total. The van der Waals surface area contributed by atoms with Gasteiger partial charge in [-0.2, -0.15) is 0 Å². The van der Waals surface area contributed by atoms with Crippen molar-refractivity contribution in [3.63, 3.8) is 0 Å². The van der Waals surface area contributed by atoms with E-state index in [1.54, 1.807) is 4.90 Å². The highest BCUT2D eigenvalue weighted by molar-refractivity contribution is 7.90. The van der Waals surface area contributed by atoms with Crippen molar-refractivity contribution in [2.75, 3.05) is 23.5 Å². The zero-order chi connectivity index (χ0) is 13.3. The summed E-state index contributed by atoms with van der Waals surface area (Å²) in [6.45, 7) is 0.215. The second-order valence-corrected chi connectivity index (χ2v) is 6.77. The Morgan fingerprint density at radius 2 is 2.11 bits per heavy atom. The molecule has 0 aliphatic carbocycles. The number of hydrogen-bond acceptors (Lipinski definition) is 4. The highest BCUT2D eigenvalue weighted by Crippen LogP contribution is 2.31. The molecule has 18 heavy (non-hydrogen) atoms. The van der Waals surface area contributed by atoms with E-state index >= 15 is 0 Å². The molecule has 1 aliphatic heterocycles. The molecule has 0 fully saturated rings. The summed E-state index contributed by atoms with van der Waals surface area (Å²) in [5, 5.41) is 9.19. The average Bonchev–Trinajstić information content (AvgIpc) is 2.64. The maximum Gasteiger partial charge on any atom is 0.326 e. The number of rotatable bonds is 4. The molecule has 1 heterocycles. The van der Waals surface area contributed by atoms with Crippen molar-refractivity contribution in [3.05, 3.63) is 29.8 Å². The van der Waals surface area contributed by atoms with E-state index in [0.717, 1.165) is 17.5 Å². The topological polar surface area (TPSA) is 74.7 Å². The predicted octanol–water partition coefficient (Wildman–Crippen LogP) is 0.547. The molecule has 0 radical (unpaired) electrons. The Morgan fingerprint density at radius 1 is 1.44 bits per heavy atom. The Balaban J connectivity index is 2.26. The lowest BCUT2D eigenvalue weighted by Gasteiger charge is -2.24. The van der Waals surface area contributed by atoms with Crippen LogP contribution in [0.2, 0.25) is 0 Å². The lowest BCUT2D eigenvalue weighted by atomic mass is 10.1. The molecule has 1 aromatic carbocycles. The van der Waals surface area contributed by atoms with Gasteiger partial charge in [0.1, 0.15) is 15.9 Å². The van der Waals surface area contributed by atoms with Crippen LogP contribution in [0.25, 0.3) is 0 Å². The van der Waals surface area contributed by atoms with Gasteiger partial charge in [-0.15, -0.1) is 0 Å². The fraction of sp³-hybridized carbons (Fsp3) is 0.417. The minimum Gasteiger partial charge on any atom is -0.480 e. The minimum atomic E-state index is -3.10. The Labute approximate surface area is 106 Å². The molecule has 0 saturated carbocycles. The van der Waals surface area contributed by atoms with Gasteiger partial charge in [0.2, 0.25) is 0 Å². The molecule has 1 aliphatic rings. The van der Waals surface area contributed by atoms with Gasteiger partial charge in [0.15, 0.2) is 0 Å². The number of nitrogens with zero attached hydrogens (tertiary/aromatic N) is 1. The Kier molecular flexibility index (Phi) is 3.30. The predicted molar refractivity (Wildman–Crippen MR) is 68.6 cm³/mol. The van der Waals surface area contributed by atoms with Crippen LogP contribution in [0.3, 0.4) is 0 Å². The van der Waals surface area contributed by atoms with Gasteiger partial charge >= 0.3 is 5.97 Å². The summed E-state index contributed by atoms with van der Waals surface area (Å²) in [7, 11) is -3.10. The van der Waals surface area contributed by atoms with Crippen LogP contribution in [0.1, 0.15) is 5.56 Å². The summed E-state index contributed by atoms with van der Waals surface area (Å²) < 4.78 is 22.4. The van der Waals surface area contributed by atoms with Crippen molar-refractivity contribution < 1.29 is 18.3 Å². The monoisotopic (exact) mass is 269 g/mol. The van der Waals surface area contributed by atoms with Crippen LogP contribution in [0.15, 0.2) is 24.3 Å². The Bertz CT molecular complexity index is 567. The van der Waals surface area contributed by atoms with E-state index in [0.29, 0.717) is 6.42 Å². The number of fused-ring (bicyclic) bond motifs is 1. The molecule has 0 amide bonds. The summed E-state index contributed by atoms with van der Waals surface area (Å²) in [5.74, 6) is -0.954. The van der Waals surface area contributed by atoms with Crippen LogP contribution in [0.4, 0.5) is 5.69 Å². The summed E-state index contributed by atoms with van der Waals surface area (Å²) >= 11 is 0. The number of sulfone groups is 1. The van der Waals surface area contributed by atoms with Crippen molar-refractivity contribution >= 4 is 21.5 Å². The zero-order valence-electron chi connectivity index (χ0n) is 10.0. The fourth-order valence-corrected chi connectivity index (χ4v) is 2.74. The molecule has 2 rings (SSSR count). The quantitative estimate of drug-likeness (QED) is 0.864. The van der Waals surface area contributed by atoms with E-state index in [1.807, 2.05) is 24.3 Å². The summed E-state index contributed by atoms with van der Waals surface area (Å²) in [6.07, 6.45) is 1.58. The molecule has 1 N–H and O–H groups in total. The van der Waals surface area contributed by atoms with Crippen molar-refractivity contribution in [2.45, 2.75) is 12.5 Å². The number of anilines is 1. The highest BCUT2D eigenvalue weighted by Gasteiger charge is 2.34. The van der Waals surface area contributed by atoms with E-state index < -0.39 is 21.8 Å². The van der Waals surface area contributed by atoms with Crippen LogP contribution in [0.5, 0.6) is 0 Å². The molecule has 0 aromatic heterocycles. The summed E-state index contributed by atoms with van der Waals surface area (Å²) in [6, 6.07) is 6.74. The number of carbonyl (C=O) groups is 1. The van der Waals surface area contributed by atoms with Gasteiger partial charge in [0.25, 0.3) is 0 Å². The summed E-state index contributed by atoms with van der Waals surface area (Å²) in [5.41, 5.74) is 1.78. The molecular formula is C12H15NO4S. The maximum absolute atomic E-state index is 11.2. The third-order valence-electron chi connectivity index (χ3n) is 3.08. The molecule has 98 valence electrons. The number of para-hydroxylation sites is 1. The Hall–Kier alpha value is -1.56. The van der Waals surface area contributed by atoms with Gasteiger partial charge in [0.05, 0.1) is 5.75 Å². The van der Waals surface area contributed by atoms with Crippen molar-refractivity contribution in [2.24, 2.45) is 0 Å². The number of carboxylic acid groups (broad SMARTS) is 1. The fourth-order valence-electron chi connectivity index (χ4n) is 2.21. The van der Waals surface area contributed by atoms with E-state index in [4.69, 9.17) is 0 Å². The Morgan fingerprint density at radius 3 is 2.72 bits per heavy atom. The van der Waals surface area contributed by atoms with E-state index in [1.165, 1.54) is 0 Å². The molecule has 6 heteroatoms. The van der Waals surface area contributed by atoms with Crippen LogP contribution in [-0.2, 0) is 21.1 Å². The molecular weight excluding hydrogens is 254 g/mol. The van der Waals surface area contributed by atoms with Crippen molar-refractivity contribution in [1.82, 2.24) is 0 Å². The van der Waals surface area contributed by atoms with Crippen LogP contribution >= 0.6 is 0 Å². The number of aliphatic carboxylic acids is 1. The minimum absolute atomic E-state index is 0.0366. The van der Waals surface area contributed by atoms with E-state index in [2.05, 4.69) is 0 Å². The zero-order valence-corrected chi connectivity index (χ0v) is 10.9. The SMILES string of the molecule is CS(=O)(=O)CCN1c2ccccc2CC1C(=O)O. The van der Waals surface area contributed by atoms with Gasteiger partial charge in [-0.25, -0.2) is 13.2 Å². The molecule has 0 saturated heterocycles. The smallest absolute Gasteiger partial charge is 0.326 e. The van der Waals surface area contributed by atoms with E-state index in [9.17, 15) is 18.3 Å². The lowest BCUT2D eigenvalue weighted by Crippen LogP contribution is -2.41. The second-order valence-electron chi connectivity index (χ2n) is 4.51. The highest BCUT2D eigenvalue weighted by atomic mass is 32.2. The van der Waals surface area contributed by atoms with Gasteiger partial charge in [-0.3, -0.25) is 0 Å². The van der Waals surface area contributed by atoms with Gasteiger partial charge in [-0.1, -0.05) is 18.2 Å².